The molecule has 2 aromatic carbocycles. The summed E-state index contributed by atoms with van der Waals surface area (Å²) in [5, 5.41) is 3.09. The van der Waals surface area contributed by atoms with Gasteiger partial charge in [0.15, 0.2) is 0 Å². The van der Waals surface area contributed by atoms with Gasteiger partial charge in [0.25, 0.3) is 5.91 Å². The van der Waals surface area contributed by atoms with Gasteiger partial charge in [0.1, 0.15) is 0 Å². The van der Waals surface area contributed by atoms with Crippen LogP contribution < -0.4 is 10.2 Å². The topological polar surface area (TPSA) is 35.6 Å². The molecule has 154 valence electrons. The zero-order valence-electron chi connectivity index (χ0n) is 17.2. The summed E-state index contributed by atoms with van der Waals surface area (Å²) in [4.78, 5) is 17.8. The minimum atomic E-state index is -0.0189. The largest absolute Gasteiger partial charge is 0.371 e. The van der Waals surface area contributed by atoms with Gasteiger partial charge in [-0.15, -0.1) is 0 Å². The molecule has 0 saturated carbocycles. The van der Waals surface area contributed by atoms with Crippen molar-refractivity contribution < 1.29 is 4.79 Å². The van der Waals surface area contributed by atoms with Gasteiger partial charge in [-0.2, -0.15) is 11.8 Å². The summed E-state index contributed by atoms with van der Waals surface area (Å²) in [6, 6.07) is 18.9. The number of carbonyl (C=O) groups excluding carboxylic acids is 1. The smallest absolute Gasteiger partial charge is 0.251 e. The molecule has 2 fully saturated rings. The lowest BCUT2D eigenvalue weighted by Gasteiger charge is -2.40. The Morgan fingerprint density at radius 1 is 0.966 bits per heavy atom. The van der Waals surface area contributed by atoms with Crippen LogP contribution in [0.15, 0.2) is 54.6 Å². The van der Waals surface area contributed by atoms with Crippen molar-refractivity contribution in [3.8, 4) is 0 Å². The van der Waals surface area contributed by atoms with E-state index in [9.17, 15) is 4.79 Å². The highest BCUT2D eigenvalue weighted by Gasteiger charge is 2.25. The van der Waals surface area contributed by atoms with Crippen LogP contribution in [0.4, 0.5) is 5.69 Å². The van der Waals surface area contributed by atoms with Gasteiger partial charge < -0.3 is 10.2 Å². The highest BCUT2D eigenvalue weighted by Crippen LogP contribution is 2.25. The second-order valence-electron chi connectivity index (χ2n) is 8.02. The lowest BCUT2D eigenvalue weighted by Crippen LogP contribution is -2.47. The average Bonchev–Trinajstić information content (AvgIpc) is 2.80. The zero-order valence-corrected chi connectivity index (χ0v) is 18.0. The fourth-order valence-electron chi connectivity index (χ4n) is 4.36. The Hall–Kier alpha value is -1.98. The third-order valence-corrected chi connectivity index (χ3v) is 7.11. The monoisotopic (exact) mass is 409 g/mol. The summed E-state index contributed by atoms with van der Waals surface area (Å²) in [5.41, 5.74) is 3.06. The number of benzene rings is 2. The van der Waals surface area contributed by atoms with E-state index in [0.717, 1.165) is 30.3 Å². The number of amides is 1. The van der Waals surface area contributed by atoms with E-state index in [2.05, 4.69) is 39.0 Å². The molecule has 1 N–H and O–H groups in total. The van der Waals surface area contributed by atoms with Crippen LogP contribution in [0, 0.1) is 0 Å². The van der Waals surface area contributed by atoms with Crippen molar-refractivity contribution >= 4 is 23.4 Å². The molecule has 2 aliphatic heterocycles. The van der Waals surface area contributed by atoms with Crippen LogP contribution in [0.5, 0.6) is 0 Å². The maximum Gasteiger partial charge on any atom is 0.251 e. The molecular formula is C24H31N3OS. The lowest BCUT2D eigenvalue weighted by molar-refractivity contribution is 0.0940. The van der Waals surface area contributed by atoms with Gasteiger partial charge in [0, 0.05) is 55.0 Å². The normalized spacial score (nSPS) is 19.7. The first-order chi connectivity index (χ1) is 14.2. The highest BCUT2D eigenvalue weighted by molar-refractivity contribution is 7.99. The first-order valence-corrected chi connectivity index (χ1v) is 11.9. The van der Waals surface area contributed by atoms with Crippen molar-refractivity contribution in [2.75, 3.05) is 42.6 Å². The van der Waals surface area contributed by atoms with Crippen LogP contribution in [-0.4, -0.2) is 54.5 Å². The molecule has 2 heterocycles. The molecule has 2 saturated heterocycles. The maximum absolute atomic E-state index is 12.6. The van der Waals surface area contributed by atoms with E-state index in [4.69, 9.17) is 0 Å². The van der Waals surface area contributed by atoms with Crippen molar-refractivity contribution in [2.24, 2.45) is 0 Å². The number of rotatable bonds is 5. The van der Waals surface area contributed by atoms with E-state index in [1.165, 1.54) is 43.1 Å². The van der Waals surface area contributed by atoms with E-state index in [0.29, 0.717) is 0 Å². The molecule has 1 atom stereocenters. The average molecular weight is 410 g/mol. The van der Waals surface area contributed by atoms with Gasteiger partial charge in [0.2, 0.25) is 0 Å². The highest BCUT2D eigenvalue weighted by atomic mass is 32.2. The van der Waals surface area contributed by atoms with E-state index in [1.807, 2.05) is 49.4 Å². The number of nitrogens with zero attached hydrogens (tertiary/aromatic N) is 2. The third-order valence-electron chi connectivity index (χ3n) is 6.17. The molecule has 0 aromatic heterocycles. The Labute approximate surface area is 178 Å². The lowest BCUT2D eigenvalue weighted by atomic mass is 10.0. The Morgan fingerprint density at radius 3 is 2.28 bits per heavy atom. The fraction of sp³-hybridized carbons (Fsp3) is 0.458. The molecule has 4 nitrogen and oxygen atoms in total. The van der Waals surface area contributed by atoms with Crippen molar-refractivity contribution in [2.45, 2.75) is 31.8 Å². The van der Waals surface area contributed by atoms with Crippen LogP contribution in [0.2, 0.25) is 0 Å². The molecule has 2 aromatic rings. The number of piperidine rings is 1. The maximum atomic E-state index is 12.6. The number of nitrogens with one attached hydrogen (secondary N) is 1. The quantitative estimate of drug-likeness (QED) is 0.803. The summed E-state index contributed by atoms with van der Waals surface area (Å²) in [6.45, 7) is 6.73. The second-order valence-corrected chi connectivity index (χ2v) is 9.24. The molecule has 2 aliphatic rings. The molecule has 0 bridgehead atoms. The first kappa shape index (κ1) is 20.3. The number of carbonyl (C=O) groups is 1. The predicted molar refractivity (Wildman–Crippen MR) is 123 cm³/mol. The Balaban J connectivity index is 1.30. The molecule has 0 spiro atoms. The Bertz CT molecular complexity index is 782. The molecule has 5 heteroatoms. The van der Waals surface area contributed by atoms with Crippen molar-refractivity contribution in [3.05, 3.63) is 65.7 Å². The standard InChI is InChI=1S/C24H31N3OS/c1-19(20-5-3-2-4-6-20)25-24(28)21-7-9-22(10-8-21)26-13-11-23(12-14-26)27-15-17-29-18-16-27/h2-10,19,23H,11-18H2,1H3,(H,25,28). The van der Waals surface area contributed by atoms with Crippen LogP contribution in [0.25, 0.3) is 0 Å². The number of thioether (sulfide) groups is 1. The second kappa shape index (κ2) is 9.68. The minimum Gasteiger partial charge on any atom is -0.371 e. The summed E-state index contributed by atoms with van der Waals surface area (Å²) >= 11 is 2.08. The third kappa shape index (κ3) is 5.14. The zero-order chi connectivity index (χ0) is 20.1. The van der Waals surface area contributed by atoms with Gasteiger partial charge in [-0.1, -0.05) is 30.3 Å². The number of hydrogen-bond donors (Lipinski definition) is 1. The van der Waals surface area contributed by atoms with Crippen LogP contribution in [0.3, 0.4) is 0 Å². The fourth-order valence-corrected chi connectivity index (χ4v) is 5.29. The molecule has 1 amide bonds. The van der Waals surface area contributed by atoms with E-state index < -0.39 is 0 Å². The van der Waals surface area contributed by atoms with E-state index in [-0.39, 0.29) is 11.9 Å². The molecule has 1 unspecified atom stereocenters. The summed E-state index contributed by atoms with van der Waals surface area (Å²) < 4.78 is 0. The summed E-state index contributed by atoms with van der Waals surface area (Å²) in [7, 11) is 0. The Kier molecular flexibility index (Phi) is 6.78. The summed E-state index contributed by atoms with van der Waals surface area (Å²) in [6.07, 6.45) is 2.48. The molecule has 4 rings (SSSR count). The van der Waals surface area contributed by atoms with Crippen molar-refractivity contribution in [3.63, 3.8) is 0 Å². The van der Waals surface area contributed by atoms with Crippen molar-refractivity contribution in [1.82, 2.24) is 10.2 Å². The number of hydrogen-bond acceptors (Lipinski definition) is 4. The van der Waals surface area contributed by atoms with Crippen LogP contribution >= 0.6 is 11.8 Å². The minimum absolute atomic E-state index is 0.00408. The Morgan fingerprint density at radius 2 is 1.62 bits per heavy atom. The molecular weight excluding hydrogens is 378 g/mol. The van der Waals surface area contributed by atoms with E-state index >= 15 is 0 Å². The molecule has 0 aliphatic carbocycles. The molecule has 29 heavy (non-hydrogen) atoms. The van der Waals surface area contributed by atoms with Crippen LogP contribution in [0.1, 0.15) is 41.7 Å². The van der Waals surface area contributed by atoms with Gasteiger partial charge in [-0.3, -0.25) is 9.69 Å². The van der Waals surface area contributed by atoms with Gasteiger partial charge in [-0.25, -0.2) is 0 Å². The SMILES string of the molecule is CC(NC(=O)c1ccc(N2CCC(N3CCSCC3)CC2)cc1)c1ccccc1. The molecule has 0 radical (unpaired) electrons. The van der Waals surface area contributed by atoms with Crippen molar-refractivity contribution in [1.29, 1.82) is 0 Å². The van der Waals surface area contributed by atoms with Crippen LogP contribution in [-0.2, 0) is 0 Å². The van der Waals surface area contributed by atoms with Gasteiger partial charge >= 0.3 is 0 Å². The van der Waals surface area contributed by atoms with Gasteiger partial charge in [-0.05, 0) is 49.6 Å². The predicted octanol–water partition coefficient (Wildman–Crippen LogP) is 4.20. The number of anilines is 1. The van der Waals surface area contributed by atoms with Gasteiger partial charge in [0.05, 0.1) is 6.04 Å². The first-order valence-electron chi connectivity index (χ1n) is 10.7. The summed E-state index contributed by atoms with van der Waals surface area (Å²) in [5.74, 6) is 2.55. The van der Waals surface area contributed by atoms with E-state index in [1.54, 1.807) is 0 Å².